The van der Waals surface area contributed by atoms with Crippen molar-refractivity contribution in [1.29, 1.82) is 0 Å². The predicted octanol–water partition coefficient (Wildman–Crippen LogP) is 2.81. The van der Waals surface area contributed by atoms with Crippen LogP contribution >= 0.6 is 15.9 Å². The summed E-state index contributed by atoms with van der Waals surface area (Å²) in [5, 5.41) is 0. The fraction of sp³-hybridized carbons (Fsp3) is 0.300. The Balaban J connectivity index is 2.62. The molecule has 0 aliphatic carbocycles. The van der Waals surface area contributed by atoms with E-state index in [1.54, 1.807) is 0 Å². The summed E-state index contributed by atoms with van der Waals surface area (Å²) >= 11 is 3.55. The highest BCUT2D eigenvalue weighted by atomic mass is 79.9. The van der Waals surface area contributed by atoms with Crippen molar-refractivity contribution in [2.45, 2.75) is 13.3 Å². The molecule has 0 spiro atoms. The molecule has 0 atom stereocenters. The number of aliphatic imine (C=N–C) groups is 1. The maximum absolute atomic E-state index is 4.41. The molecule has 62 valence electrons. The third-order valence-corrected chi connectivity index (χ3v) is 2.96. The van der Waals surface area contributed by atoms with Crippen molar-refractivity contribution < 1.29 is 0 Å². The van der Waals surface area contributed by atoms with E-state index in [1.165, 1.54) is 15.6 Å². The van der Waals surface area contributed by atoms with Crippen LogP contribution in [0.3, 0.4) is 0 Å². The van der Waals surface area contributed by atoms with E-state index in [1.807, 2.05) is 0 Å². The van der Waals surface area contributed by atoms with Gasteiger partial charge in [0.1, 0.15) is 0 Å². The van der Waals surface area contributed by atoms with E-state index >= 15 is 0 Å². The molecular formula is C10H10BrN. The zero-order chi connectivity index (χ0) is 8.55. The van der Waals surface area contributed by atoms with E-state index in [0.29, 0.717) is 0 Å². The van der Waals surface area contributed by atoms with Crippen molar-refractivity contribution in [3.8, 4) is 0 Å². The van der Waals surface area contributed by atoms with Crippen LogP contribution in [0.2, 0.25) is 0 Å². The average molecular weight is 224 g/mol. The largest absolute Gasteiger partial charge is 0.289 e. The van der Waals surface area contributed by atoms with Crippen molar-refractivity contribution in [3.63, 3.8) is 0 Å². The second-order valence-corrected chi connectivity index (χ2v) is 3.84. The molecule has 0 radical (unpaired) electrons. The molecule has 1 aromatic carbocycles. The highest BCUT2D eigenvalue weighted by Gasteiger charge is 2.11. The maximum Gasteiger partial charge on any atom is 0.0433 e. The highest BCUT2D eigenvalue weighted by Crippen LogP contribution is 2.24. The van der Waals surface area contributed by atoms with Crippen molar-refractivity contribution in [1.82, 2.24) is 0 Å². The molecule has 0 aromatic heterocycles. The Hall–Kier alpha value is -0.630. The van der Waals surface area contributed by atoms with E-state index < -0.39 is 0 Å². The summed E-state index contributed by atoms with van der Waals surface area (Å²) in [4.78, 5) is 4.41. The molecule has 0 bridgehead atoms. The van der Waals surface area contributed by atoms with Gasteiger partial charge >= 0.3 is 0 Å². The van der Waals surface area contributed by atoms with E-state index in [-0.39, 0.29) is 0 Å². The highest BCUT2D eigenvalue weighted by molar-refractivity contribution is 9.10. The minimum Gasteiger partial charge on any atom is -0.289 e. The number of hydrogen-bond acceptors (Lipinski definition) is 1. The van der Waals surface area contributed by atoms with Crippen LogP contribution in [0.1, 0.15) is 18.1 Å². The van der Waals surface area contributed by atoms with Gasteiger partial charge in [-0.1, -0.05) is 28.1 Å². The summed E-state index contributed by atoms with van der Waals surface area (Å²) < 4.78 is 1.22. The number of rotatable bonds is 0. The Kier molecular flexibility index (Phi) is 2.01. The zero-order valence-corrected chi connectivity index (χ0v) is 8.56. The number of benzene rings is 1. The van der Waals surface area contributed by atoms with Gasteiger partial charge in [-0.15, -0.1) is 0 Å². The first kappa shape index (κ1) is 7.99. The fourth-order valence-electron chi connectivity index (χ4n) is 1.57. The Bertz CT molecular complexity index is 342. The van der Waals surface area contributed by atoms with Crippen LogP contribution in [0, 0.1) is 0 Å². The first-order chi connectivity index (χ1) is 5.79. The first-order valence-electron chi connectivity index (χ1n) is 4.08. The molecule has 1 aliphatic heterocycles. The second kappa shape index (κ2) is 3.02. The summed E-state index contributed by atoms with van der Waals surface area (Å²) in [6.07, 6.45) is 1.06. The standard InChI is InChI=1S/C10H10BrN/c1-7-8-3-2-4-10(11)9(8)5-6-12-7/h2-4H,5-6H2,1H3. The van der Waals surface area contributed by atoms with E-state index in [0.717, 1.165) is 18.7 Å². The quantitative estimate of drug-likeness (QED) is 0.642. The number of hydrogen-bond donors (Lipinski definition) is 0. The summed E-state index contributed by atoms with van der Waals surface area (Å²) in [6, 6.07) is 6.29. The number of nitrogens with zero attached hydrogens (tertiary/aromatic N) is 1. The third kappa shape index (κ3) is 1.20. The molecule has 0 amide bonds. The van der Waals surface area contributed by atoms with Crippen molar-refractivity contribution >= 4 is 21.6 Å². The molecule has 2 rings (SSSR count). The van der Waals surface area contributed by atoms with Gasteiger partial charge in [-0.3, -0.25) is 4.99 Å². The monoisotopic (exact) mass is 223 g/mol. The lowest BCUT2D eigenvalue weighted by atomic mass is 9.99. The van der Waals surface area contributed by atoms with Crippen molar-refractivity contribution in [3.05, 3.63) is 33.8 Å². The summed E-state index contributed by atoms with van der Waals surface area (Å²) in [5.41, 5.74) is 3.87. The lowest BCUT2D eigenvalue weighted by Gasteiger charge is -2.15. The van der Waals surface area contributed by atoms with Gasteiger partial charge in [0.05, 0.1) is 0 Å². The molecule has 1 aromatic rings. The molecule has 2 heteroatoms. The topological polar surface area (TPSA) is 12.4 Å². The molecule has 0 fully saturated rings. The smallest absolute Gasteiger partial charge is 0.0433 e. The molecule has 0 saturated heterocycles. The number of fused-ring (bicyclic) bond motifs is 1. The van der Waals surface area contributed by atoms with Crippen LogP contribution in [0.15, 0.2) is 27.7 Å². The Morgan fingerprint density at radius 1 is 1.42 bits per heavy atom. The van der Waals surface area contributed by atoms with Crippen LogP contribution in [0.5, 0.6) is 0 Å². The summed E-state index contributed by atoms with van der Waals surface area (Å²) in [7, 11) is 0. The van der Waals surface area contributed by atoms with Gasteiger partial charge in [0.2, 0.25) is 0 Å². The van der Waals surface area contributed by atoms with Crippen LogP contribution < -0.4 is 0 Å². The van der Waals surface area contributed by atoms with Crippen LogP contribution in [-0.4, -0.2) is 12.3 Å². The van der Waals surface area contributed by atoms with Gasteiger partial charge in [0.15, 0.2) is 0 Å². The van der Waals surface area contributed by atoms with E-state index in [4.69, 9.17) is 0 Å². The minimum absolute atomic E-state index is 0.932. The Morgan fingerprint density at radius 3 is 3.00 bits per heavy atom. The summed E-state index contributed by atoms with van der Waals surface area (Å²) in [6.45, 7) is 3.01. The minimum atomic E-state index is 0.932. The second-order valence-electron chi connectivity index (χ2n) is 2.98. The van der Waals surface area contributed by atoms with E-state index in [2.05, 4.69) is 46.0 Å². The van der Waals surface area contributed by atoms with Crippen molar-refractivity contribution in [2.75, 3.05) is 6.54 Å². The molecule has 1 heterocycles. The van der Waals surface area contributed by atoms with Gasteiger partial charge in [-0.25, -0.2) is 0 Å². The van der Waals surface area contributed by atoms with Crippen LogP contribution in [0.4, 0.5) is 0 Å². The average Bonchev–Trinajstić information content (AvgIpc) is 2.07. The first-order valence-corrected chi connectivity index (χ1v) is 4.87. The molecule has 1 nitrogen and oxygen atoms in total. The normalized spacial score (nSPS) is 15.3. The van der Waals surface area contributed by atoms with Crippen LogP contribution in [-0.2, 0) is 6.42 Å². The van der Waals surface area contributed by atoms with Gasteiger partial charge in [-0.05, 0) is 30.5 Å². The molecule has 0 unspecified atom stereocenters. The maximum atomic E-state index is 4.41. The lowest BCUT2D eigenvalue weighted by molar-refractivity contribution is 0.936. The van der Waals surface area contributed by atoms with Gasteiger partial charge in [0.25, 0.3) is 0 Å². The summed E-state index contributed by atoms with van der Waals surface area (Å²) in [5.74, 6) is 0. The van der Waals surface area contributed by atoms with E-state index in [9.17, 15) is 0 Å². The fourth-order valence-corrected chi connectivity index (χ4v) is 2.14. The number of halogens is 1. The molecular weight excluding hydrogens is 214 g/mol. The molecule has 1 aliphatic rings. The molecule has 0 N–H and O–H groups in total. The third-order valence-electron chi connectivity index (χ3n) is 2.22. The van der Waals surface area contributed by atoms with Crippen LogP contribution in [0.25, 0.3) is 0 Å². The Morgan fingerprint density at radius 2 is 2.25 bits per heavy atom. The predicted molar refractivity (Wildman–Crippen MR) is 54.9 cm³/mol. The molecule has 0 saturated carbocycles. The van der Waals surface area contributed by atoms with Crippen molar-refractivity contribution in [2.24, 2.45) is 4.99 Å². The molecule has 12 heavy (non-hydrogen) atoms. The Labute approximate surface area is 80.6 Å². The zero-order valence-electron chi connectivity index (χ0n) is 6.97. The lowest BCUT2D eigenvalue weighted by Crippen LogP contribution is -2.09. The van der Waals surface area contributed by atoms with Gasteiger partial charge in [-0.2, -0.15) is 0 Å². The van der Waals surface area contributed by atoms with Gasteiger partial charge in [0, 0.05) is 16.7 Å². The van der Waals surface area contributed by atoms with Gasteiger partial charge < -0.3 is 0 Å². The SMILES string of the molecule is CC1=NCCc2c(Br)cccc21.